The highest BCUT2D eigenvalue weighted by molar-refractivity contribution is 6.02. The summed E-state index contributed by atoms with van der Waals surface area (Å²) in [7, 11) is 2.05. The van der Waals surface area contributed by atoms with Crippen LogP contribution in [0.3, 0.4) is 0 Å². The molecule has 0 unspecified atom stereocenters. The zero-order chi connectivity index (χ0) is 18.6. The van der Waals surface area contributed by atoms with Gasteiger partial charge in [0.05, 0.1) is 11.3 Å². The van der Waals surface area contributed by atoms with E-state index in [1.54, 1.807) is 12.4 Å². The number of hydrogen-bond acceptors (Lipinski definition) is 4. The van der Waals surface area contributed by atoms with Gasteiger partial charge in [-0.05, 0) is 42.0 Å². The molecular formula is C22H20N4O. The fourth-order valence-electron chi connectivity index (χ4n) is 3.07. The van der Waals surface area contributed by atoms with Gasteiger partial charge in [0.15, 0.2) is 5.88 Å². The van der Waals surface area contributed by atoms with E-state index in [2.05, 4.69) is 33.0 Å². The van der Waals surface area contributed by atoms with Crippen LogP contribution in [0.1, 0.15) is 11.1 Å². The van der Waals surface area contributed by atoms with Crippen LogP contribution in [0, 0.1) is 0 Å². The molecular weight excluding hydrogens is 336 g/mol. The normalized spacial score (nSPS) is 11.3. The monoisotopic (exact) mass is 356 g/mol. The van der Waals surface area contributed by atoms with E-state index < -0.39 is 0 Å². The Balaban J connectivity index is 1.50. The number of rotatable bonds is 5. The number of pyridine rings is 1. The Kier molecular flexibility index (Phi) is 4.58. The first kappa shape index (κ1) is 16.8. The van der Waals surface area contributed by atoms with Gasteiger partial charge in [0.1, 0.15) is 0 Å². The molecule has 0 saturated heterocycles. The number of para-hydroxylation sites is 1. The molecule has 2 aromatic carbocycles. The first-order valence-electron chi connectivity index (χ1n) is 8.74. The van der Waals surface area contributed by atoms with E-state index in [9.17, 15) is 5.11 Å². The van der Waals surface area contributed by atoms with Crippen molar-refractivity contribution in [3.8, 4) is 5.88 Å². The molecule has 27 heavy (non-hydrogen) atoms. The van der Waals surface area contributed by atoms with Crippen LogP contribution in [0.25, 0.3) is 10.9 Å². The van der Waals surface area contributed by atoms with Crippen molar-refractivity contribution in [3.63, 3.8) is 0 Å². The lowest BCUT2D eigenvalue weighted by Gasteiger charge is -2.19. The van der Waals surface area contributed by atoms with Gasteiger partial charge < -0.3 is 15.0 Å². The number of benzene rings is 2. The smallest absolute Gasteiger partial charge is 0.198 e. The Morgan fingerprint density at radius 1 is 1.07 bits per heavy atom. The number of nitrogens with one attached hydrogen (secondary N) is 1. The molecule has 0 bridgehead atoms. The number of fused-ring (bicyclic) bond motifs is 1. The molecule has 2 N–H and O–H groups in total. The minimum absolute atomic E-state index is 0.132. The first-order chi connectivity index (χ1) is 13.2. The third-order valence-corrected chi connectivity index (χ3v) is 4.50. The Morgan fingerprint density at radius 2 is 1.89 bits per heavy atom. The van der Waals surface area contributed by atoms with Crippen LogP contribution in [0.5, 0.6) is 5.88 Å². The van der Waals surface area contributed by atoms with Crippen LogP contribution in [0.4, 0.5) is 11.4 Å². The van der Waals surface area contributed by atoms with Crippen molar-refractivity contribution in [2.45, 2.75) is 6.54 Å². The average Bonchev–Trinajstić information content (AvgIpc) is 3.02. The molecule has 0 fully saturated rings. The Morgan fingerprint density at radius 3 is 2.67 bits per heavy atom. The number of aromatic amines is 1. The second-order valence-electron chi connectivity index (χ2n) is 6.42. The molecule has 4 aromatic rings. The van der Waals surface area contributed by atoms with Crippen LogP contribution in [-0.2, 0) is 6.54 Å². The maximum atomic E-state index is 10.1. The molecule has 5 nitrogen and oxygen atoms in total. The van der Waals surface area contributed by atoms with Gasteiger partial charge in [0, 0.05) is 48.8 Å². The summed E-state index contributed by atoms with van der Waals surface area (Å²) in [6.07, 6.45) is 5.35. The molecule has 0 aliphatic heterocycles. The van der Waals surface area contributed by atoms with Crippen molar-refractivity contribution in [1.29, 1.82) is 0 Å². The molecule has 0 amide bonds. The molecule has 0 radical (unpaired) electrons. The van der Waals surface area contributed by atoms with E-state index in [0.717, 1.165) is 34.4 Å². The number of aromatic nitrogens is 2. The van der Waals surface area contributed by atoms with Crippen LogP contribution >= 0.6 is 0 Å². The molecule has 0 aliphatic rings. The van der Waals surface area contributed by atoms with Crippen LogP contribution < -0.4 is 4.90 Å². The number of nitrogens with zero attached hydrogens (tertiary/aromatic N) is 3. The second-order valence-corrected chi connectivity index (χ2v) is 6.42. The van der Waals surface area contributed by atoms with Gasteiger partial charge in [0.2, 0.25) is 0 Å². The van der Waals surface area contributed by atoms with Crippen LogP contribution in [-0.4, -0.2) is 28.3 Å². The van der Waals surface area contributed by atoms with E-state index in [0.29, 0.717) is 5.56 Å². The highest BCUT2D eigenvalue weighted by Gasteiger charge is 2.08. The van der Waals surface area contributed by atoms with Gasteiger partial charge in [0.25, 0.3) is 0 Å². The minimum atomic E-state index is 0.132. The average molecular weight is 356 g/mol. The van der Waals surface area contributed by atoms with E-state index in [-0.39, 0.29) is 5.88 Å². The van der Waals surface area contributed by atoms with Crippen LogP contribution in [0.15, 0.2) is 78.0 Å². The maximum Gasteiger partial charge on any atom is 0.198 e. The van der Waals surface area contributed by atoms with Gasteiger partial charge >= 0.3 is 0 Å². The Hall–Kier alpha value is -3.60. The largest absolute Gasteiger partial charge is 0.494 e. The van der Waals surface area contributed by atoms with Gasteiger partial charge in [-0.25, -0.2) is 0 Å². The molecule has 0 saturated carbocycles. The second kappa shape index (κ2) is 7.33. The summed E-state index contributed by atoms with van der Waals surface area (Å²) in [4.78, 5) is 13.8. The van der Waals surface area contributed by atoms with Crippen molar-refractivity contribution >= 4 is 28.5 Å². The fourth-order valence-corrected chi connectivity index (χ4v) is 3.07. The van der Waals surface area contributed by atoms with Crippen molar-refractivity contribution in [2.75, 3.05) is 11.9 Å². The standard InChI is InChI=1S/C22H20N4O/c1-26(15-16-5-4-12-23-13-16)18-10-8-17(9-11-18)24-14-20-19-6-2-3-7-21(19)25-22(20)27/h2-14,25,27H,15H2,1H3. The summed E-state index contributed by atoms with van der Waals surface area (Å²) >= 11 is 0. The predicted molar refractivity (Wildman–Crippen MR) is 110 cm³/mol. The summed E-state index contributed by atoms with van der Waals surface area (Å²) in [6, 6.07) is 19.8. The third-order valence-electron chi connectivity index (χ3n) is 4.50. The number of aliphatic imine (C=N–C) groups is 1. The SMILES string of the molecule is CN(Cc1cccnc1)c1ccc(N=Cc2c(O)[nH]c3ccccc23)cc1. The Bertz CT molecular complexity index is 1070. The number of anilines is 1. The van der Waals surface area contributed by atoms with Gasteiger partial charge in [-0.3, -0.25) is 9.98 Å². The van der Waals surface area contributed by atoms with E-state index in [1.165, 1.54) is 0 Å². The van der Waals surface area contributed by atoms with Crippen molar-refractivity contribution in [1.82, 2.24) is 9.97 Å². The molecule has 134 valence electrons. The van der Waals surface area contributed by atoms with Crippen molar-refractivity contribution in [2.24, 2.45) is 4.99 Å². The highest BCUT2D eigenvalue weighted by atomic mass is 16.3. The summed E-state index contributed by atoms with van der Waals surface area (Å²) in [6.45, 7) is 0.791. The maximum absolute atomic E-state index is 10.1. The van der Waals surface area contributed by atoms with Crippen molar-refractivity contribution in [3.05, 3.63) is 84.2 Å². The van der Waals surface area contributed by atoms with E-state index in [4.69, 9.17) is 0 Å². The zero-order valence-corrected chi connectivity index (χ0v) is 15.0. The first-order valence-corrected chi connectivity index (χ1v) is 8.74. The molecule has 2 heterocycles. The zero-order valence-electron chi connectivity index (χ0n) is 15.0. The van der Waals surface area contributed by atoms with Gasteiger partial charge in [-0.2, -0.15) is 0 Å². The number of H-pyrrole nitrogens is 1. The molecule has 5 heteroatoms. The van der Waals surface area contributed by atoms with Gasteiger partial charge in [-0.1, -0.05) is 24.3 Å². The number of hydrogen-bond donors (Lipinski definition) is 2. The van der Waals surface area contributed by atoms with E-state index >= 15 is 0 Å². The summed E-state index contributed by atoms with van der Waals surface area (Å²) < 4.78 is 0. The minimum Gasteiger partial charge on any atom is -0.494 e. The highest BCUT2D eigenvalue weighted by Crippen LogP contribution is 2.26. The molecule has 4 rings (SSSR count). The van der Waals surface area contributed by atoms with Crippen molar-refractivity contribution < 1.29 is 5.11 Å². The van der Waals surface area contributed by atoms with Crippen LogP contribution in [0.2, 0.25) is 0 Å². The topological polar surface area (TPSA) is 64.5 Å². The lowest BCUT2D eigenvalue weighted by molar-refractivity contribution is 0.457. The summed E-state index contributed by atoms with van der Waals surface area (Å²) in [5, 5.41) is 11.1. The van der Waals surface area contributed by atoms with E-state index in [1.807, 2.05) is 60.8 Å². The Labute approximate surface area is 157 Å². The lowest BCUT2D eigenvalue weighted by atomic mass is 10.2. The quantitative estimate of drug-likeness (QED) is 0.511. The lowest BCUT2D eigenvalue weighted by Crippen LogP contribution is -2.16. The molecule has 2 aromatic heterocycles. The molecule has 0 spiro atoms. The molecule has 0 aliphatic carbocycles. The number of aromatic hydroxyl groups is 1. The molecule has 0 atom stereocenters. The summed E-state index contributed by atoms with van der Waals surface area (Å²) in [5.41, 5.74) is 4.69. The predicted octanol–water partition coefficient (Wildman–Crippen LogP) is 4.66. The third kappa shape index (κ3) is 3.67. The van der Waals surface area contributed by atoms with Gasteiger partial charge in [-0.15, -0.1) is 0 Å². The fraction of sp³-hybridized carbons (Fsp3) is 0.0909. The summed E-state index contributed by atoms with van der Waals surface area (Å²) in [5.74, 6) is 0.132.